The normalized spacial score (nSPS) is 12.1. The van der Waals surface area contributed by atoms with E-state index in [0.717, 1.165) is 17.4 Å². The SMILES string of the molecule is CCOC(=O)c1sc2nc(CC(C)C)cc(C(F)(F)F)c2c1N. The molecule has 0 aliphatic rings. The number of nitrogen functional groups attached to an aromatic ring is 1. The molecule has 23 heavy (non-hydrogen) atoms. The van der Waals surface area contributed by atoms with E-state index in [1.54, 1.807) is 6.92 Å². The summed E-state index contributed by atoms with van der Waals surface area (Å²) < 4.78 is 45.0. The summed E-state index contributed by atoms with van der Waals surface area (Å²) in [5.41, 5.74) is 5.04. The van der Waals surface area contributed by atoms with Crippen LogP contribution in [0.25, 0.3) is 10.2 Å². The first kappa shape index (κ1) is 17.5. The first-order valence-electron chi connectivity index (χ1n) is 7.11. The molecule has 8 heteroatoms. The van der Waals surface area contributed by atoms with Crippen molar-refractivity contribution in [2.45, 2.75) is 33.4 Å². The lowest BCUT2D eigenvalue weighted by atomic mass is 10.0. The van der Waals surface area contributed by atoms with Gasteiger partial charge in [0.2, 0.25) is 0 Å². The van der Waals surface area contributed by atoms with E-state index < -0.39 is 17.7 Å². The third kappa shape index (κ3) is 3.57. The molecule has 2 rings (SSSR count). The lowest BCUT2D eigenvalue weighted by Crippen LogP contribution is -2.10. The summed E-state index contributed by atoms with van der Waals surface area (Å²) in [6.07, 6.45) is -4.17. The summed E-state index contributed by atoms with van der Waals surface area (Å²) in [7, 11) is 0. The molecule has 0 aromatic carbocycles. The van der Waals surface area contributed by atoms with Crippen molar-refractivity contribution >= 4 is 33.2 Å². The summed E-state index contributed by atoms with van der Waals surface area (Å²) in [6, 6.07) is 1.01. The minimum Gasteiger partial charge on any atom is -0.462 e. The number of anilines is 1. The standard InChI is InChI=1S/C15H17F3N2O2S/c1-4-22-14(21)12-11(19)10-9(15(16,17)18)6-8(5-7(2)3)20-13(10)23-12/h6-7H,4-5,19H2,1-3H3. The minimum atomic E-state index is -4.58. The van der Waals surface area contributed by atoms with Crippen molar-refractivity contribution in [2.24, 2.45) is 5.92 Å². The fourth-order valence-electron chi connectivity index (χ4n) is 2.27. The van der Waals surface area contributed by atoms with Crippen molar-refractivity contribution in [3.05, 3.63) is 22.2 Å². The van der Waals surface area contributed by atoms with Crippen LogP contribution in [0.5, 0.6) is 0 Å². The molecule has 0 aliphatic carbocycles. The van der Waals surface area contributed by atoms with E-state index in [4.69, 9.17) is 10.5 Å². The summed E-state index contributed by atoms with van der Waals surface area (Å²) in [6.45, 7) is 5.52. The minimum absolute atomic E-state index is 0.0402. The number of halogens is 3. The second kappa shape index (κ2) is 6.35. The van der Waals surface area contributed by atoms with Gasteiger partial charge in [-0.25, -0.2) is 9.78 Å². The molecule has 2 heterocycles. The van der Waals surface area contributed by atoms with Crippen molar-refractivity contribution in [1.82, 2.24) is 4.98 Å². The highest BCUT2D eigenvalue weighted by atomic mass is 32.1. The molecular formula is C15H17F3N2O2S. The lowest BCUT2D eigenvalue weighted by molar-refractivity contribution is -0.136. The Labute approximate surface area is 135 Å². The molecule has 0 spiro atoms. The van der Waals surface area contributed by atoms with E-state index in [2.05, 4.69) is 4.98 Å². The largest absolute Gasteiger partial charge is 0.462 e. The summed E-state index contributed by atoms with van der Waals surface area (Å²) in [4.78, 5) is 16.2. The zero-order chi connectivity index (χ0) is 17.4. The van der Waals surface area contributed by atoms with Crippen molar-refractivity contribution < 1.29 is 22.7 Å². The summed E-state index contributed by atoms with van der Waals surface area (Å²) in [5.74, 6) is -0.575. The highest BCUT2D eigenvalue weighted by Crippen LogP contribution is 2.42. The van der Waals surface area contributed by atoms with Gasteiger partial charge in [0.1, 0.15) is 9.71 Å². The maximum Gasteiger partial charge on any atom is 0.417 e. The van der Waals surface area contributed by atoms with E-state index >= 15 is 0 Å². The van der Waals surface area contributed by atoms with Gasteiger partial charge in [-0.1, -0.05) is 13.8 Å². The van der Waals surface area contributed by atoms with Gasteiger partial charge in [-0.05, 0) is 25.3 Å². The number of aromatic nitrogens is 1. The maximum absolute atomic E-state index is 13.4. The van der Waals surface area contributed by atoms with Crippen molar-refractivity contribution in [1.29, 1.82) is 0 Å². The van der Waals surface area contributed by atoms with E-state index in [-0.39, 0.29) is 33.3 Å². The zero-order valence-corrected chi connectivity index (χ0v) is 13.8. The zero-order valence-electron chi connectivity index (χ0n) is 13.0. The maximum atomic E-state index is 13.4. The summed E-state index contributed by atoms with van der Waals surface area (Å²) in [5, 5.41) is -0.224. The Morgan fingerprint density at radius 2 is 2.09 bits per heavy atom. The predicted octanol–water partition coefficient (Wildman–Crippen LogP) is 4.27. The molecule has 0 amide bonds. The van der Waals surface area contributed by atoms with Crippen molar-refractivity contribution in [3.8, 4) is 0 Å². The third-order valence-corrected chi connectivity index (χ3v) is 4.22. The number of fused-ring (bicyclic) bond motifs is 1. The van der Waals surface area contributed by atoms with E-state index in [1.165, 1.54) is 0 Å². The Morgan fingerprint density at radius 1 is 1.43 bits per heavy atom. The first-order chi connectivity index (χ1) is 10.6. The molecule has 0 bridgehead atoms. The van der Waals surface area contributed by atoms with Crippen LogP contribution in [0.1, 0.15) is 41.7 Å². The number of nitrogens with zero attached hydrogens (tertiary/aromatic N) is 1. The molecule has 2 N–H and O–H groups in total. The van der Waals surface area contributed by atoms with Crippen LogP contribution in [0, 0.1) is 5.92 Å². The van der Waals surface area contributed by atoms with E-state index in [1.807, 2.05) is 13.8 Å². The fourth-order valence-corrected chi connectivity index (χ4v) is 3.30. The number of rotatable bonds is 4. The second-order valence-corrected chi connectivity index (χ2v) is 6.50. The molecule has 0 saturated carbocycles. The molecule has 0 saturated heterocycles. The first-order valence-corrected chi connectivity index (χ1v) is 7.93. The number of thiophene rings is 1. The molecule has 4 nitrogen and oxygen atoms in total. The van der Waals surface area contributed by atoms with Crippen LogP contribution in [0.2, 0.25) is 0 Å². The Morgan fingerprint density at radius 3 is 2.61 bits per heavy atom. The average Bonchev–Trinajstić information content (AvgIpc) is 2.74. The van der Waals surface area contributed by atoms with Gasteiger partial charge in [-0.15, -0.1) is 11.3 Å². The van der Waals surface area contributed by atoms with Crippen LogP contribution < -0.4 is 5.73 Å². The van der Waals surface area contributed by atoms with Gasteiger partial charge in [0.25, 0.3) is 0 Å². The molecule has 0 radical (unpaired) electrons. The summed E-state index contributed by atoms with van der Waals surface area (Å²) >= 11 is 0.833. The number of nitrogens with two attached hydrogens (primary N) is 1. The van der Waals surface area contributed by atoms with Crippen LogP contribution in [0.15, 0.2) is 6.07 Å². The average molecular weight is 346 g/mol. The number of pyridine rings is 1. The number of alkyl halides is 3. The number of carbonyl (C=O) groups is 1. The fraction of sp³-hybridized carbons (Fsp3) is 0.467. The van der Waals surface area contributed by atoms with Gasteiger partial charge >= 0.3 is 12.1 Å². The smallest absolute Gasteiger partial charge is 0.417 e. The van der Waals surface area contributed by atoms with Gasteiger partial charge in [0, 0.05) is 11.1 Å². The third-order valence-electron chi connectivity index (χ3n) is 3.14. The van der Waals surface area contributed by atoms with Crippen LogP contribution in [0.3, 0.4) is 0 Å². The quantitative estimate of drug-likeness (QED) is 0.840. The van der Waals surface area contributed by atoms with E-state index in [9.17, 15) is 18.0 Å². The molecule has 0 atom stereocenters. The number of hydrogen-bond donors (Lipinski definition) is 1. The molecular weight excluding hydrogens is 329 g/mol. The van der Waals surface area contributed by atoms with Gasteiger partial charge in [0.15, 0.2) is 0 Å². The predicted molar refractivity (Wildman–Crippen MR) is 83.5 cm³/mol. The van der Waals surface area contributed by atoms with Gasteiger partial charge < -0.3 is 10.5 Å². The molecule has 0 fully saturated rings. The van der Waals surface area contributed by atoms with Gasteiger partial charge in [-0.3, -0.25) is 0 Å². The highest BCUT2D eigenvalue weighted by molar-refractivity contribution is 7.21. The molecule has 0 aliphatic heterocycles. The lowest BCUT2D eigenvalue weighted by Gasteiger charge is -2.12. The van der Waals surface area contributed by atoms with Crippen LogP contribution in [0.4, 0.5) is 18.9 Å². The number of carbonyl (C=O) groups excluding carboxylic acids is 1. The van der Waals surface area contributed by atoms with Crippen molar-refractivity contribution in [3.63, 3.8) is 0 Å². The van der Waals surface area contributed by atoms with E-state index in [0.29, 0.717) is 12.1 Å². The Kier molecular flexibility index (Phi) is 4.84. The number of esters is 1. The Balaban J connectivity index is 2.70. The van der Waals surface area contributed by atoms with Crippen LogP contribution in [-0.4, -0.2) is 17.6 Å². The highest BCUT2D eigenvalue weighted by Gasteiger charge is 2.36. The second-order valence-electron chi connectivity index (χ2n) is 5.50. The topological polar surface area (TPSA) is 65.2 Å². The van der Waals surface area contributed by atoms with Crippen LogP contribution in [-0.2, 0) is 17.3 Å². The molecule has 2 aromatic rings. The van der Waals surface area contributed by atoms with Gasteiger partial charge in [0.05, 0.1) is 17.9 Å². The Hall–Kier alpha value is -1.83. The van der Waals surface area contributed by atoms with Gasteiger partial charge in [-0.2, -0.15) is 13.2 Å². The molecule has 2 aromatic heterocycles. The van der Waals surface area contributed by atoms with Crippen molar-refractivity contribution in [2.75, 3.05) is 12.3 Å². The molecule has 126 valence electrons. The molecule has 0 unspecified atom stereocenters. The number of hydrogen-bond acceptors (Lipinski definition) is 5. The van der Waals surface area contributed by atoms with Crippen LogP contribution >= 0.6 is 11.3 Å². The monoisotopic (exact) mass is 346 g/mol. The number of ether oxygens (including phenoxy) is 1. The Bertz CT molecular complexity index is 738.